The number of benzene rings is 1. The molecule has 0 aliphatic rings. The highest BCUT2D eigenvalue weighted by Gasteiger charge is 2.27. The zero-order chi connectivity index (χ0) is 14.5. The molecule has 0 heterocycles. The maximum Gasteiger partial charge on any atom is 0.227 e. The van der Waals surface area contributed by atoms with Crippen LogP contribution in [0.5, 0.6) is 5.75 Å². The van der Waals surface area contributed by atoms with Crippen molar-refractivity contribution in [3.05, 3.63) is 29.8 Å². The molecule has 1 atom stereocenters. The van der Waals surface area contributed by atoms with Crippen molar-refractivity contribution < 1.29 is 9.90 Å². The van der Waals surface area contributed by atoms with E-state index in [9.17, 15) is 9.90 Å². The predicted molar refractivity (Wildman–Crippen MR) is 78.5 cm³/mol. The Morgan fingerprint density at radius 3 is 2.47 bits per heavy atom. The normalized spacial score (nSPS) is 13.1. The number of alkyl halides is 1. The molecule has 1 amide bonds. The number of phenols is 1. The summed E-state index contributed by atoms with van der Waals surface area (Å²) in [5, 5.41) is 12.2. The Morgan fingerprint density at radius 2 is 1.95 bits per heavy atom. The van der Waals surface area contributed by atoms with Gasteiger partial charge in [-0.1, -0.05) is 12.1 Å². The molecule has 0 bridgehead atoms. The van der Waals surface area contributed by atoms with E-state index in [0.29, 0.717) is 5.88 Å². The molecule has 1 aromatic carbocycles. The van der Waals surface area contributed by atoms with Crippen LogP contribution in [-0.2, 0) is 11.2 Å². The molecule has 0 saturated heterocycles. The van der Waals surface area contributed by atoms with Crippen LogP contribution in [0.1, 0.15) is 32.8 Å². The van der Waals surface area contributed by atoms with Crippen molar-refractivity contribution in [2.24, 2.45) is 5.41 Å². The lowest BCUT2D eigenvalue weighted by Crippen LogP contribution is -2.42. The number of aryl methyl sites for hydroxylation is 1. The molecule has 4 heteroatoms. The summed E-state index contributed by atoms with van der Waals surface area (Å²) < 4.78 is 0. The maximum atomic E-state index is 11.9. The first-order chi connectivity index (χ1) is 8.85. The number of carbonyl (C=O) groups is 1. The number of aromatic hydroxyl groups is 1. The van der Waals surface area contributed by atoms with E-state index < -0.39 is 5.41 Å². The molecular formula is C15H22ClNO2. The predicted octanol–water partition coefficient (Wildman–Crippen LogP) is 3.09. The number of rotatable bonds is 6. The van der Waals surface area contributed by atoms with Crippen LogP contribution in [0.3, 0.4) is 0 Å². The minimum Gasteiger partial charge on any atom is -0.508 e. The first kappa shape index (κ1) is 15.8. The minimum atomic E-state index is -0.533. The van der Waals surface area contributed by atoms with E-state index in [1.807, 2.05) is 32.9 Å². The Bertz CT molecular complexity index is 415. The van der Waals surface area contributed by atoms with E-state index in [4.69, 9.17) is 11.6 Å². The molecule has 1 unspecified atom stereocenters. The fraction of sp³-hybridized carbons (Fsp3) is 0.533. The number of hydrogen-bond acceptors (Lipinski definition) is 2. The third-order valence-corrected chi connectivity index (χ3v) is 3.80. The minimum absolute atomic E-state index is 0.0132. The van der Waals surface area contributed by atoms with Crippen LogP contribution < -0.4 is 5.32 Å². The van der Waals surface area contributed by atoms with Gasteiger partial charge in [-0.05, 0) is 51.3 Å². The van der Waals surface area contributed by atoms with Gasteiger partial charge in [-0.25, -0.2) is 0 Å². The third kappa shape index (κ3) is 5.11. The Hall–Kier alpha value is -1.22. The third-order valence-electron chi connectivity index (χ3n) is 3.13. The molecule has 0 aromatic heterocycles. The average molecular weight is 284 g/mol. The Labute approximate surface area is 120 Å². The molecular weight excluding hydrogens is 262 g/mol. The molecule has 0 aliphatic heterocycles. The van der Waals surface area contributed by atoms with Gasteiger partial charge in [-0.3, -0.25) is 4.79 Å². The topological polar surface area (TPSA) is 49.3 Å². The van der Waals surface area contributed by atoms with E-state index in [2.05, 4.69) is 5.32 Å². The van der Waals surface area contributed by atoms with Crippen molar-refractivity contribution in [2.75, 3.05) is 5.88 Å². The van der Waals surface area contributed by atoms with Crippen LogP contribution in [0.4, 0.5) is 0 Å². The number of halogens is 1. The SMILES string of the molecule is CC(CCc1ccc(O)cc1)NC(=O)C(C)(C)CCl. The Morgan fingerprint density at radius 1 is 1.37 bits per heavy atom. The first-order valence-corrected chi connectivity index (χ1v) is 7.03. The first-order valence-electron chi connectivity index (χ1n) is 6.50. The Balaban J connectivity index is 2.42. The summed E-state index contributed by atoms with van der Waals surface area (Å²) in [5.74, 6) is 0.568. The standard InChI is InChI=1S/C15H22ClNO2/c1-11(17-14(19)15(2,3)10-16)4-5-12-6-8-13(18)9-7-12/h6-9,11,18H,4-5,10H2,1-3H3,(H,17,19). The van der Waals surface area contributed by atoms with E-state index in [0.717, 1.165) is 18.4 Å². The molecule has 1 aromatic rings. The largest absolute Gasteiger partial charge is 0.508 e. The summed E-state index contributed by atoms with van der Waals surface area (Å²) in [6.45, 7) is 5.66. The average Bonchev–Trinajstić information content (AvgIpc) is 2.38. The zero-order valence-electron chi connectivity index (χ0n) is 11.7. The van der Waals surface area contributed by atoms with Gasteiger partial charge in [0, 0.05) is 11.9 Å². The highest BCUT2D eigenvalue weighted by molar-refractivity contribution is 6.19. The maximum absolute atomic E-state index is 11.9. The van der Waals surface area contributed by atoms with Crippen LogP contribution in [0.15, 0.2) is 24.3 Å². The molecule has 0 aliphatic carbocycles. The molecule has 19 heavy (non-hydrogen) atoms. The summed E-state index contributed by atoms with van der Waals surface area (Å²) >= 11 is 5.77. The summed E-state index contributed by atoms with van der Waals surface area (Å²) in [4.78, 5) is 11.9. The summed E-state index contributed by atoms with van der Waals surface area (Å²) in [5.41, 5.74) is 0.615. The van der Waals surface area contributed by atoms with Crippen LogP contribution in [0.25, 0.3) is 0 Å². The van der Waals surface area contributed by atoms with Gasteiger partial charge in [0.2, 0.25) is 5.91 Å². The van der Waals surface area contributed by atoms with Gasteiger partial charge in [0.15, 0.2) is 0 Å². The van der Waals surface area contributed by atoms with Gasteiger partial charge < -0.3 is 10.4 Å². The fourth-order valence-electron chi connectivity index (χ4n) is 1.60. The van der Waals surface area contributed by atoms with E-state index in [1.54, 1.807) is 12.1 Å². The molecule has 0 spiro atoms. The lowest BCUT2D eigenvalue weighted by molar-refractivity contribution is -0.128. The van der Waals surface area contributed by atoms with Crippen molar-refractivity contribution in [1.29, 1.82) is 0 Å². The van der Waals surface area contributed by atoms with Crippen molar-refractivity contribution in [1.82, 2.24) is 5.32 Å². The number of carbonyl (C=O) groups excluding carboxylic acids is 1. The molecule has 1 rings (SSSR count). The van der Waals surface area contributed by atoms with E-state index in [-0.39, 0.29) is 17.7 Å². The van der Waals surface area contributed by atoms with E-state index >= 15 is 0 Å². The number of amides is 1. The highest BCUT2D eigenvalue weighted by Crippen LogP contribution is 2.18. The quantitative estimate of drug-likeness (QED) is 0.788. The smallest absolute Gasteiger partial charge is 0.227 e. The lowest BCUT2D eigenvalue weighted by Gasteiger charge is -2.23. The number of phenolic OH excluding ortho intramolecular Hbond substituents is 1. The van der Waals surface area contributed by atoms with Gasteiger partial charge in [-0.2, -0.15) is 0 Å². The van der Waals surface area contributed by atoms with Crippen LogP contribution in [-0.4, -0.2) is 22.9 Å². The van der Waals surface area contributed by atoms with Gasteiger partial charge in [0.05, 0.1) is 5.41 Å². The lowest BCUT2D eigenvalue weighted by atomic mass is 9.94. The van der Waals surface area contributed by atoms with Gasteiger partial charge in [-0.15, -0.1) is 11.6 Å². The molecule has 0 radical (unpaired) electrons. The Kier molecular flexibility index (Phi) is 5.67. The summed E-state index contributed by atoms with van der Waals surface area (Å²) in [6.07, 6.45) is 1.72. The monoisotopic (exact) mass is 283 g/mol. The molecule has 2 N–H and O–H groups in total. The van der Waals surface area contributed by atoms with Crippen molar-refractivity contribution >= 4 is 17.5 Å². The van der Waals surface area contributed by atoms with E-state index in [1.165, 1.54) is 0 Å². The molecule has 0 fully saturated rings. The molecule has 3 nitrogen and oxygen atoms in total. The van der Waals surface area contributed by atoms with Gasteiger partial charge in [0.1, 0.15) is 5.75 Å². The van der Waals surface area contributed by atoms with Gasteiger partial charge >= 0.3 is 0 Å². The second kappa shape index (κ2) is 6.80. The van der Waals surface area contributed by atoms with Crippen molar-refractivity contribution in [2.45, 2.75) is 39.7 Å². The van der Waals surface area contributed by atoms with Crippen LogP contribution >= 0.6 is 11.6 Å². The van der Waals surface area contributed by atoms with Crippen molar-refractivity contribution in [3.63, 3.8) is 0 Å². The van der Waals surface area contributed by atoms with Crippen LogP contribution in [0.2, 0.25) is 0 Å². The molecule has 106 valence electrons. The van der Waals surface area contributed by atoms with Gasteiger partial charge in [0.25, 0.3) is 0 Å². The van der Waals surface area contributed by atoms with Crippen LogP contribution in [0, 0.1) is 5.41 Å². The fourth-order valence-corrected chi connectivity index (χ4v) is 1.72. The second-order valence-corrected chi connectivity index (χ2v) is 5.86. The number of hydrogen-bond donors (Lipinski definition) is 2. The van der Waals surface area contributed by atoms with Crippen molar-refractivity contribution in [3.8, 4) is 5.75 Å². The molecule has 0 saturated carbocycles. The summed E-state index contributed by atoms with van der Waals surface area (Å²) in [7, 11) is 0. The highest BCUT2D eigenvalue weighted by atomic mass is 35.5. The number of nitrogens with one attached hydrogen (secondary N) is 1. The zero-order valence-corrected chi connectivity index (χ0v) is 12.5. The summed E-state index contributed by atoms with van der Waals surface area (Å²) in [6, 6.07) is 7.24. The second-order valence-electron chi connectivity index (χ2n) is 5.60.